The molecule has 0 spiro atoms. The van der Waals surface area contributed by atoms with Gasteiger partial charge >= 0.3 is 0 Å². The van der Waals surface area contributed by atoms with Crippen LogP contribution in [0.5, 0.6) is 0 Å². The summed E-state index contributed by atoms with van der Waals surface area (Å²) in [6.07, 6.45) is 3.27. The van der Waals surface area contributed by atoms with E-state index in [1.165, 1.54) is 17.8 Å². The maximum Gasteiger partial charge on any atom is 0.248 e. The van der Waals surface area contributed by atoms with E-state index in [2.05, 4.69) is 20.8 Å². The van der Waals surface area contributed by atoms with Gasteiger partial charge in [-0.3, -0.25) is 9.59 Å². The Morgan fingerprint density at radius 3 is 2.26 bits per heavy atom. The summed E-state index contributed by atoms with van der Waals surface area (Å²) < 4.78 is 1.85. The van der Waals surface area contributed by atoms with Crippen molar-refractivity contribution in [1.29, 1.82) is 0 Å². The van der Waals surface area contributed by atoms with E-state index >= 15 is 0 Å². The first-order chi connectivity index (χ1) is 17.0. The molecule has 2 amide bonds. The highest BCUT2D eigenvalue weighted by atomic mass is 32.2. The summed E-state index contributed by atoms with van der Waals surface area (Å²) in [7, 11) is 1.86. The number of rotatable bonds is 8. The SMILES string of the molecule is Cc1ccc(NC(=O)CSc2nnc(-c3ccc(NC(=O)C=Cc4ccccc4)cc3)n2C)cc1. The normalized spacial score (nSPS) is 10.9. The number of aryl methyl sites for hydroxylation is 1. The largest absolute Gasteiger partial charge is 0.325 e. The van der Waals surface area contributed by atoms with Crippen molar-refractivity contribution in [3.63, 3.8) is 0 Å². The molecule has 4 rings (SSSR count). The molecule has 0 saturated carbocycles. The maximum absolute atomic E-state index is 12.3. The Morgan fingerprint density at radius 2 is 1.54 bits per heavy atom. The van der Waals surface area contributed by atoms with Gasteiger partial charge in [0.05, 0.1) is 5.75 Å². The third kappa shape index (κ3) is 6.68. The second-order valence-corrected chi connectivity index (χ2v) is 8.82. The first kappa shape index (κ1) is 24.0. The summed E-state index contributed by atoms with van der Waals surface area (Å²) in [5.74, 6) is 0.586. The van der Waals surface area contributed by atoms with Gasteiger partial charge in [-0.25, -0.2) is 0 Å². The van der Waals surface area contributed by atoms with Gasteiger partial charge in [0.25, 0.3) is 0 Å². The van der Waals surface area contributed by atoms with E-state index in [-0.39, 0.29) is 17.6 Å². The first-order valence-corrected chi connectivity index (χ1v) is 12.0. The Balaban J connectivity index is 1.32. The lowest BCUT2D eigenvalue weighted by Crippen LogP contribution is -2.14. The molecular formula is C27H25N5O2S. The van der Waals surface area contributed by atoms with E-state index < -0.39 is 0 Å². The number of carbonyl (C=O) groups is 2. The van der Waals surface area contributed by atoms with Crippen LogP contribution >= 0.6 is 11.8 Å². The van der Waals surface area contributed by atoms with E-state index in [0.717, 1.165) is 22.4 Å². The van der Waals surface area contributed by atoms with Crippen LogP contribution in [0.15, 0.2) is 90.1 Å². The molecule has 3 aromatic carbocycles. The molecule has 4 aromatic rings. The summed E-state index contributed by atoms with van der Waals surface area (Å²) in [5, 5.41) is 14.9. The predicted octanol–water partition coefficient (Wildman–Crippen LogP) is 5.17. The topological polar surface area (TPSA) is 88.9 Å². The van der Waals surface area contributed by atoms with Crippen molar-refractivity contribution in [2.45, 2.75) is 12.1 Å². The zero-order valence-corrected chi connectivity index (χ0v) is 20.3. The molecule has 2 N–H and O–H groups in total. The van der Waals surface area contributed by atoms with Gasteiger partial charge in [0.15, 0.2) is 11.0 Å². The Hall–Kier alpha value is -4.17. The number of amides is 2. The molecule has 0 unspecified atom stereocenters. The standard InChI is InChI=1S/C27H25N5O2S/c1-19-8-13-22(14-9-19)29-25(34)18-35-27-31-30-26(32(27)2)21-11-15-23(16-12-21)28-24(33)17-10-20-6-4-3-5-7-20/h3-17H,18H2,1-2H3,(H,28,33)(H,29,34). The molecule has 0 aliphatic carbocycles. The molecular weight excluding hydrogens is 458 g/mol. The Labute approximate surface area is 208 Å². The molecule has 0 aliphatic heterocycles. The maximum atomic E-state index is 12.3. The zero-order valence-electron chi connectivity index (χ0n) is 19.4. The van der Waals surface area contributed by atoms with Crippen LogP contribution in [0.2, 0.25) is 0 Å². The highest BCUT2D eigenvalue weighted by molar-refractivity contribution is 7.99. The van der Waals surface area contributed by atoms with Crippen LogP contribution in [-0.4, -0.2) is 32.3 Å². The molecule has 0 saturated heterocycles. The number of aromatic nitrogens is 3. The Morgan fingerprint density at radius 1 is 0.886 bits per heavy atom. The minimum Gasteiger partial charge on any atom is -0.325 e. The highest BCUT2D eigenvalue weighted by Crippen LogP contribution is 2.24. The van der Waals surface area contributed by atoms with Crippen molar-refractivity contribution in [1.82, 2.24) is 14.8 Å². The molecule has 0 atom stereocenters. The number of carbonyl (C=O) groups excluding carboxylic acids is 2. The van der Waals surface area contributed by atoms with Crippen LogP contribution in [-0.2, 0) is 16.6 Å². The van der Waals surface area contributed by atoms with Crippen LogP contribution in [0, 0.1) is 6.92 Å². The average Bonchev–Trinajstić information content (AvgIpc) is 3.24. The second kappa shape index (κ2) is 11.3. The Bertz CT molecular complexity index is 1330. The van der Waals surface area contributed by atoms with E-state index in [4.69, 9.17) is 0 Å². The highest BCUT2D eigenvalue weighted by Gasteiger charge is 2.13. The smallest absolute Gasteiger partial charge is 0.248 e. The van der Waals surface area contributed by atoms with Gasteiger partial charge in [0.1, 0.15) is 0 Å². The van der Waals surface area contributed by atoms with Gasteiger partial charge < -0.3 is 15.2 Å². The van der Waals surface area contributed by atoms with E-state index in [1.54, 1.807) is 6.08 Å². The summed E-state index contributed by atoms with van der Waals surface area (Å²) in [4.78, 5) is 24.5. The molecule has 7 nitrogen and oxygen atoms in total. The van der Waals surface area contributed by atoms with Gasteiger partial charge in [-0.2, -0.15) is 0 Å². The van der Waals surface area contributed by atoms with Crippen molar-refractivity contribution >= 4 is 41.0 Å². The molecule has 0 aliphatic rings. The minimum atomic E-state index is -0.206. The first-order valence-electron chi connectivity index (χ1n) is 11.0. The fourth-order valence-electron chi connectivity index (χ4n) is 3.28. The zero-order chi connectivity index (χ0) is 24.6. The summed E-state index contributed by atoms with van der Waals surface area (Å²) >= 11 is 1.32. The summed E-state index contributed by atoms with van der Waals surface area (Å²) in [6.45, 7) is 2.00. The third-order valence-electron chi connectivity index (χ3n) is 5.14. The molecule has 35 heavy (non-hydrogen) atoms. The molecule has 0 fully saturated rings. The van der Waals surface area contributed by atoms with Gasteiger partial charge in [0.2, 0.25) is 11.8 Å². The molecule has 8 heteroatoms. The van der Waals surface area contributed by atoms with E-state index in [1.807, 2.05) is 97.4 Å². The predicted molar refractivity (Wildman–Crippen MR) is 141 cm³/mol. The molecule has 0 bridgehead atoms. The van der Waals surface area contributed by atoms with Gasteiger partial charge in [0, 0.05) is 30.1 Å². The summed E-state index contributed by atoms with van der Waals surface area (Å²) in [5.41, 5.74) is 4.40. The van der Waals surface area contributed by atoms with Crippen molar-refractivity contribution in [2.24, 2.45) is 7.05 Å². The quantitative estimate of drug-likeness (QED) is 0.267. The van der Waals surface area contributed by atoms with Crippen LogP contribution in [0.4, 0.5) is 11.4 Å². The minimum absolute atomic E-state index is 0.107. The van der Waals surface area contributed by atoms with Crippen molar-refractivity contribution in [2.75, 3.05) is 16.4 Å². The van der Waals surface area contributed by atoms with Gasteiger partial charge in [-0.05, 0) is 55.0 Å². The van der Waals surface area contributed by atoms with Crippen LogP contribution < -0.4 is 10.6 Å². The fraction of sp³-hybridized carbons (Fsp3) is 0.111. The van der Waals surface area contributed by atoms with E-state index in [0.29, 0.717) is 16.7 Å². The lowest BCUT2D eigenvalue weighted by molar-refractivity contribution is -0.114. The van der Waals surface area contributed by atoms with E-state index in [9.17, 15) is 9.59 Å². The Kier molecular flexibility index (Phi) is 7.74. The van der Waals surface area contributed by atoms with Gasteiger partial charge in [-0.1, -0.05) is 59.8 Å². The molecule has 0 radical (unpaired) electrons. The summed E-state index contributed by atoms with van der Waals surface area (Å²) in [6, 6.07) is 24.7. The van der Waals surface area contributed by atoms with Crippen molar-refractivity contribution in [3.05, 3.63) is 96.1 Å². The monoisotopic (exact) mass is 483 g/mol. The molecule has 1 heterocycles. The van der Waals surface area contributed by atoms with Crippen LogP contribution in [0.1, 0.15) is 11.1 Å². The third-order valence-corrected chi connectivity index (χ3v) is 6.16. The lowest BCUT2D eigenvalue weighted by atomic mass is 10.2. The fourth-order valence-corrected chi connectivity index (χ4v) is 3.99. The van der Waals surface area contributed by atoms with Crippen LogP contribution in [0.3, 0.4) is 0 Å². The number of thioether (sulfide) groups is 1. The number of nitrogens with zero attached hydrogens (tertiary/aromatic N) is 3. The lowest BCUT2D eigenvalue weighted by Gasteiger charge is -2.07. The van der Waals surface area contributed by atoms with Crippen LogP contribution in [0.25, 0.3) is 17.5 Å². The second-order valence-electron chi connectivity index (χ2n) is 7.88. The average molecular weight is 484 g/mol. The molecule has 1 aromatic heterocycles. The van der Waals surface area contributed by atoms with Gasteiger partial charge in [-0.15, -0.1) is 10.2 Å². The number of hydrogen-bond acceptors (Lipinski definition) is 5. The number of benzene rings is 3. The number of nitrogens with one attached hydrogen (secondary N) is 2. The molecule has 176 valence electrons. The number of hydrogen-bond donors (Lipinski definition) is 2. The van der Waals surface area contributed by atoms with Crippen molar-refractivity contribution in [3.8, 4) is 11.4 Å². The van der Waals surface area contributed by atoms with Crippen molar-refractivity contribution < 1.29 is 9.59 Å². The number of anilines is 2.